The number of para-hydroxylation sites is 1. The number of hydrogen-bond acceptors (Lipinski definition) is 9. The van der Waals surface area contributed by atoms with E-state index >= 15 is 0 Å². The number of methoxy groups -OCH3 is 4. The van der Waals surface area contributed by atoms with Crippen molar-refractivity contribution in [3.8, 4) is 28.7 Å². The molecule has 0 saturated heterocycles. The van der Waals surface area contributed by atoms with Gasteiger partial charge in [-0.1, -0.05) is 23.9 Å². The summed E-state index contributed by atoms with van der Waals surface area (Å²) in [5, 5.41) is 4.89. The van der Waals surface area contributed by atoms with Gasteiger partial charge in [-0.25, -0.2) is 10.4 Å². The third kappa shape index (κ3) is 5.73. The first-order valence-corrected chi connectivity index (χ1v) is 12.4. The van der Waals surface area contributed by atoms with E-state index in [1.807, 2.05) is 6.07 Å². The highest BCUT2D eigenvalue weighted by atomic mass is 32.2. The Morgan fingerprint density at radius 3 is 2.29 bits per heavy atom. The van der Waals surface area contributed by atoms with Crippen LogP contribution in [0.25, 0.3) is 16.6 Å². The van der Waals surface area contributed by atoms with Crippen LogP contribution in [0.2, 0.25) is 0 Å². The molecule has 4 aromatic rings. The number of fused-ring (bicyclic) bond motifs is 1. The molecule has 1 aromatic heterocycles. The number of benzene rings is 3. The van der Waals surface area contributed by atoms with E-state index in [9.17, 15) is 9.59 Å². The summed E-state index contributed by atoms with van der Waals surface area (Å²) in [6.45, 7) is 0. The molecule has 0 aliphatic heterocycles. The van der Waals surface area contributed by atoms with Gasteiger partial charge in [0.1, 0.15) is 5.75 Å². The van der Waals surface area contributed by atoms with Crippen LogP contribution in [0.3, 0.4) is 0 Å². The molecule has 1 N–H and O–H groups in total. The number of carbonyl (C=O) groups is 1. The highest BCUT2D eigenvalue weighted by Crippen LogP contribution is 2.37. The van der Waals surface area contributed by atoms with Gasteiger partial charge < -0.3 is 18.9 Å². The van der Waals surface area contributed by atoms with E-state index in [0.29, 0.717) is 50.3 Å². The molecule has 0 atom stereocenters. The molecule has 0 bridgehead atoms. The second-order valence-electron chi connectivity index (χ2n) is 7.79. The summed E-state index contributed by atoms with van der Waals surface area (Å²) in [6.07, 6.45) is 1.47. The van der Waals surface area contributed by atoms with Crippen molar-refractivity contribution in [3.05, 3.63) is 76.6 Å². The summed E-state index contributed by atoms with van der Waals surface area (Å²) >= 11 is 1.13. The molecule has 0 fully saturated rings. The number of nitrogens with zero attached hydrogens (tertiary/aromatic N) is 3. The summed E-state index contributed by atoms with van der Waals surface area (Å²) < 4.78 is 22.7. The molecule has 0 spiro atoms. The van der Waals surface area contributed by atoms with Crippen LogP contribution >= 0.6 is 11.8 Å². The van der Waals surface area contributed by atoms with Crippen molar-refractivity contribution < 1.29 is 23.7 Å². The molecule has 1 amide bonds. The van der Waals surface area contributed by atoms with Crippen LogP contribution in [0.1, 0.15) is 5.56 Å². The molecule has 1 heterocycles. The fourth-order valence-electron chi connectivity index (χ4n) is 3.69. The highest BCUT2D eigenvalue weighted by molar-refractivity contribution is 7.99. The summed E-state index contributed by atoms with van der Waals surface area (Å²) in [5.41, 5.74) is 4.06. The Morgan fingerprint density at radius 2 is 1.66 bits per heavy atom. The largest absolute Gasteiger partial charge is 0.497 e. The van der Waals surface area contributed by atoms with Gasteiger partial charge in [0.2, 0.25) is 5.75 Å². The Morgan fingerprint density at radius 1 is 0.974 bits per heavy atom. The first kappa shape index (κ1) is 26.6. The summed E-state index contributed by atoms with van der Waals surface area (Å²) in [6, 6.07) is 17.6. The number of aromatic nitrogens is 2. The number of thioether (sulfide) groups is 1. The van der Waals surface area contributed by atoms with Crippen molar-refractivity contribution in [2.45, 2.75) is 5.16 Å². The molecule has 0 aliphatic carbocycles. The van der Waals surface area contributed by atoms with Crippen molar-refractivity contribution in [1.82, 2.24) is 15.0 Å². The Bertz CT molecular complexity index is 1510. The minimum atomic E-state index is -0.373. The average molecular weight is 535 g/mol. The zero-order valence-electron chi connectivity index (χ0n) is 21.3. The zero-order chi connectivity index (χ0) is 27.1. The van der Waals surface area contributed by atoms with Gasteiger partial charge in [-0.05, 0) is 48.5 Å². The van der Waals surface area contributed by atoms with E-state index in [4.69, 9.17) is 18.9 Å². The molecule has 4 rings (SSSR count). The number of ether oxygens (including phenoxy) is 4. The van der Waals surface area contributed by atoms with Gasteiger partial charge in [0.25, 0.3) is 11.5 Å². The topological polar surface area (TPSA) is 113 Å². The van der Waals surface area contributed by atoms with Gasteiger partial charge in [0.05, 0.1) is 57.0 Å². The predicted molar refractivity (Wildman–Crippen MR) is 146 cm³/mol. The Kier molecular flexibility index (Phi) is 8.49. The summed E-state index contributed by atoms with van der Waals surface area (Å²) in [4.78, 5) is 30.6. The van der Waals surface area contributed by atoms with Gasteiger partial charge in [0.15, 0.2) is 16.7 Å². The lowest BCUT2D eigenvalue weighted by Crippen LogP contribution is -2.24. The number of hydrogen-bond donors (Lipinski definition) is 1. The van der Waals surface area contributed by atoms with E-state index in [1.165, 1.54) is 32.1 Å². The van der Waals surface area contributed by atoms with E-state index in [-0.39, 0.29) is 17.2 Å². The van der Waals surface area contributed by atoms with Gasteiger partial charge >= 0.3 is 0 Å². The molecule has 11 heteroatoms. The maximum Gasteiger partial charge on any atom is 0.266 e. The van der Waals surface area contributed by atoms with Crippen LogP contribution in [-0.2, 0) is 4.79 Å². The summed E-state index contributed by atoms with van der Waals surface area (Å²) in [5.74, 6) is 1.66. The number of nitrogens with one attached hydrogen (secondary N) is 1. The second-order valence-corrected chi connectivity index (χ2v) is 8.73. The molecule has 0 aliphatic rings. The monoisotopic (exact) mass is 534 g/mol. The SMILES string of the molecule is COc1ccc(-n2c(SCC(=O)N/N=C\c3cc(OC)c(OC)c(OC)c3)nc3ccccc3c2=O)cc1. The molecule has 196 valence electrons. The van der Waals surface area contributed by atoms with Crippen LogP contribution < -0.4 is 29.9 Å². The number of amides is 1. The fraction of sp³-hybridized carbons (Fsp3) is 0.185. The molecule has 0 unspecified atom stereocenters. The lowest BCUT2D eigenvalue weighted by atomic mass is 10.2. The van der Waals surface area contributed by atoms with E-state index in [0.717, 1.165) is 11.8 Å². The van der Waals surface area contributed by atoms with Crippen LogP contribution in [0, 0.1) is 0 Å². The van der Waals surface area contributed by atoms with Crippen LogP contribution in [-0.4, -0.2) is 55.9 Å². The van der Waals surface area contributed by atoms with Crippen molar-refractivity contribution in [1.29, 1.82) is 0 Å². The molecular formula is C27H26N4O6S. The van der Waals surface area contributed by atoms with Crippen LogP contribution in [0.5, 0.6) is 23.0 Å². The molecule has 0 saturated carbocycles. The van der Waals surface area contributed by atoms with Gasteiger partial charge in [-0.3, -0.25) is 14.2 Å². The molecule has 38 heavy (non-hydrogen) atoms. The number of hydrazone groups is 1. The predicted octanol–water partition coefficient (Wildman–Crippen LogP) is 3.66. The van der Waals surface area contributed by atoms with E-state index < -0.39 is 0 Å². The molecule has 10 nitrogen and oxygen atoms in total. The van der Waals surface area contributed by atoms with Gasteiger partial charge in [-0.15, -0.1) is 0 Å². The van der Waals surface area contributed by atoms with Crippen LogP contribution in [0.15, 0.2) is 75.7 Å². The first-order chi connectivity index (χ1) is 18.5. The highest BCUT2D eigenvalue weighted by Gasteiger charge is 2.15. The van der Waals surface area contributed by atoms with Gasteiger partial charge in [-0.2, -0.15) is 5.10 Å². The summed E-state index contributed by atoms with van der Waals surface area (Å²) in [7, 11) is 6.13. The standard InChI is InChI=1S/C27H26N4O6S/c1-34-19-11-9-18(10-12-19)31-26(33)20-7-5-6-8-21(20)29-27(31)38-16-24(32)30-28-15-17-13-22(35-2)25(37-4)23(14-17)36-3/h5-15H,16H2,1-4H3,(H,30,32)/b28-15-. The maximum atomic E-state index is 13.4. The zero-order valence-corrected chi connectivity index (χ0v) is 22.1. The fourth-order valence-corrected chi connectivity index (χ4v) is 4.49. The minimum absolute atomic E-state index is 0.0203. The maximum absolute atomic E-state index is 13.4. The normalized spacial score (nSPS) is 10.9. The first-order valence-electron chi connectivity index (χ1n) is 11.4. The third-order valence-electron chi connectivity index (χ3n) is 5.50. The smallest absolute Gasteiger partial charge is 0.266 e. The van der Waals surface area contributed by atoms with Crippen LogP contribution in [0.4, 0.5) is 0 Å². The van der Waals surface area contributed by atoms with Crippen molar-refractivity contribution in [2.24, 2.45) is 5.10 Å². The third-order valence-corrected chi connectivity index (χ3v) is 6.44. The second kappa shape index (κ2) is 12.2. The van der Waals surface area contributed by atoms with E-state index in [2.05, 4.69) is 15.5 Å². The lowest BCUT2D eigenvalue weighted by Gasteiger charge is -2.13. The molecule has 3 aromatic carbocycles. The quantitative estimate of drug-likeness (QED) is 0.142. The average Bonchev–Trinajstić information content (AvgIpc) is 2.95. The minimum Gasteiger partial charge on any atom is -0.497 e. The Hall–Kier alpha value is -4.51. The van der Waals surface area contributed by atoms with Crippen molar-refractivity contribution >= 4 is 34.8 Å². The number of carbonyl (C=O) groups excluding carboxylic acids is 1. The van der Waals surface area contributed by atoms with Gasteiger partial charge in [0, 0.05) is 5.56 Å². The molecular weight excluding hydrogens is 508 g/mol. The number of rotatable bonds is 10. The Labute approximate surface area is 223 Å². The lowest BCUT2D eigenvalue weighted by molar-refractivity contribution is -0.118. The van der Waals surface area contributed by atoms with Crippen molar-refractivity contribution in [3.63, 3.8) is 0 Å². The molecule has 0 radical (unpaired) electrons. The van der Waals surface area contributed by atoms with Crippen molar-refractivity contribution in [2.75, 3.05) is 34.2 Å². The van der Waals surface area contributed by atoms with E-state index in [1.54, 1.807) is 61.7 Å². The Balaban J connectivity index is 1.53.